The molecule has 2 rings (SSSR count). The number of benzene rings is 1. The van der Waals surface area contributed by atoms with Crippen molar-refractivity contribution in [1.29, 1.82) is 0 Å². The van der Waals surface area contributed by atoms with Gasteiger partial charge in [0.2, 0.25) is 0 Å². The number of methoxy groups -OCH3 is 1. The first-order valence-corrected chi connectivity index (χ1v) is 8.67. The van der Waals surface area contributed by atoms with E-state index in [-0.39, 0.29) is 5.60 Å². The molecule has 1 fully saturated rings. The molecule has 1 N–H and O–H groups in total. The average molecular weight is 309 g/mol. The zero-order valence-electron chi connectivity index (χ0n) is 13.4. The molecule has 1 heterocycles. The average Bonchev–Trinajstić information content (AvgIpc) is 2.82. The number of ether oxygens (including phenoxy) is 2. The second-order valence-corrected chi connectivity index (χ2v) is 7.26. The van der Waals surface area contributed by atoms with Crippen LogP contribution >= 0.6 is 11.8 Å². The van der Waals surface area contributed by atoms with Gasteiger partial charge in [0.25, 0.3) is 0 Å². The van der Waals surface area contributed by atoms with Crippen LogP contribution in [0.2, 0.25) is 0 Å². The fraction of sp³-hybridized carbons (Fsp3) is 0.647. The maximum absolute atomic E-state index is 6.03. The van der Waals surface area contributed by atoms with E-state index in [0.717, 1.165) is 25.4 Å². The van der Waals surface area contributed by atoms with Gasteiger partial charge in [0, 0.05) is 30.8 Å². The number of hydrogen-bond acceptors (Lipinski definition) is 4. The Labute approximate surface area is 132 Å². The molecule has 1 atom stereocenters. The second kappa shape index (κ2) is 8.18. The molecule has 1 unspecified atom stereocenters. The van der Waals surface area contributed by atoms with Gasteiger partial charge in [-0.2, -0.15) is 0 Å². The van der Waals surface area contributed by atoms with Gasteiger partial charge in [0.15, 0.2) is 0 Å². The first-order chi connectivity index (χ1) is 10.1. The lowest BCUT2D eigenvalue weighted by Crippen LogP contribution is -2.21. The van der Waals surface area contributed by atoms with Crippen molar-refractivity contribution in [3.8, 4) is 0 Å². The molecule has 1 aliphatic rings. The first kappa shape index (κ1) is 16.8. The first-order valence-electron chi connectivity index (χ1n) is 7.68. The van der Waals surface area contributed by atoms with Gasteiger partial charge >= 0.3 is 0 Å². The summed E-state index contributed by atoms with van der Waals surface area (Å²) in [5.41, 5.74) is 1.39. The SMILES string of the molecule is COCCNCc1ccc(SCC2CCC(C)(C)O2)cc1. The molecule has 0 saturated carbocycles. The largest absolute Gasteiger partial charge is 0.383 e. The van der Waals surface area contributed by atoms with E-state index < -0.39 is 0 Å². The van der Waals surface area contributed by atoms with E-state index in [1.807, 2.05) is 11.8 Å². The highest BCUT2D eigenvalue weighted by atomic mass is 32.2. The monoisotopic (exact) mass is 309 g/mol. The van der Waals surface area contributed by atoms with Gasteiger partial charge in [-0.15, -0.1) is 11.8 Å². The molecule has 1 aromatic carbocycles. The maximum Gasteiger partial charge on any atom is 0.0677 e. The lowest BCUT2D eigenvalue weighted by Gasteiger charge is -2.19. The molecule has 3 nitrogen and oxygen atoms in total. The van der Waals surface area contributed by atoms with Crippen molar-refractivity contribution < 1.29 is 9.47 Å². The van der Waals surface area contributed by atoms with Crippen molar-refractivity contribution in [3.05, 3.63) is 29.8 Å². The van der Waals surface area contributed by atoms with Gasteiger partial charge in [-0.05, 0) is 44.4 Å². The van der Waals surface area contributed by atoms with Crippen LogP contribution in [-0.2, 0) is 16.0 Å². The number of thioether (sulfide) groups is 1. The predicted molar refractivity (Wildman–Crippen MR) is 88.9 cm³/mol. The fourth-order valence-corrected chi connectivity index (χ4v) is 3.44. The van der Waals surface area contributed by atoms with Crippen LogP contribution in [0.4, 0.5) is 0 Å². The fourth-order valence-electron chi connectivity index (χ4n) is 2.49. The summed E-state index contributed by atoms with van der Waals surface area (Å²) in [7, 11) is 1.73. The molecule has 0 bridgehead atoms. The van der Waals surface area contributed by atoms with Crippen molar-refractivity contribution in [2.24, 2.45) is 0 Å². The van der Waals surface area contributed by atoms with Crippen LogP contribution in [0.25, 0.3) is 0 Å². The van der Waals surface area contributed by atoms with E-state index in [1.54, 1.807) is 7.11 Å². The Balaban J connectivity index is 1.70. The van der Waals surface area contributed by atoms with Gasteiger partial charge < -0.3 is 14.8 Å². The number of nitrogens with one attached hydrogen (secondary N) is 1. The molecular formula is C17H27NO2S. The van der Waals surface area contributed by atoms with Gasteiger partial charge in [-0.3, -0.25) is 0 Å². The van der Waals surface area contributed by atoms with Crippen LogP contribution in [0.15, 0.2) is 29.2 Å². The van der Waals surface area contributed by atoms with Gasteiger partial charge in [0.05, 0.1) is 18.3 Å². The van der Waals surface area contributed by atoms with E-state index in [1.165, 1.54) is 23.3 Å². The predicted octanol–water partition coefficient (Wildman–Crippen LogP) is 3.47. The van der Waals surface area contributed by atoms with Crippen LogP contribution in [0.3, 0.4) is 0 Å². The smallest absolute Gasteiger partial charge is 0.0677 e. The van der Waals surface area contributed by atoms with Crippen LogP contribution in [0.5, 0.6) is 0 Å². The normalized spacial score (nSPS) is 20.8. The molecular weight excluding hydrogens is 282 g/mol. The number of hydrogen-bond donors (Lipinski definition) is 1. The van der Waals surface area contributed by atoms with E-state index >= 15 is 0 Å². The Morgan fingerprint density at radius 2 is 2.10 bits per heavy atom. The third kappa shape index (κ3) is 5.99. The Bertz CT molecular complexity index is 419. The maximum atomic E-state index is 6.03. The lowest BCUT2D eigenvalue weighted by atomic mass is 10.1. The van der Waals surface area contributed by atoms with Crippen LogP contribution in [-0.4, -0.2) is 37.7 Å². The topological polar surface area (TPSA) is 30.5 Å². The molecule has 1 saturated heterocycles. The van der Waals surface area contributed by atoms with Crippen molar-refractivity contribution in [2.75, 3.05) is 26.0 Å². The van der Waals surface area contributed by atoms with Crippen molar-refractivity contribution in [1.82, 2.24) is 5.32 Å². The summed E-state index contributed by atoms with van der Waals surface area (Å²) < 4.78 is 11.0. The van der Waals surface area contributed by atoms with Gasteiger partial charge in [-0.1, -0.05) is 12.1 Å². The molecule has 21 heavy (non-hydrogen) atoms. The van der Waals surface area contributed by atoms with E-state index in [0.29, 0.717) is 6.10 Å². The minimum atomic E-state index is 0.0724. The molecule has 118 valence electrons. The summed E-state index contributed by atoms with van der Waals surface area (Å²) in [5.74, 6) is 1.05. The minimum Gasteiger partial charge on any atom is -0.383 e. The minimum absolute atomic E-state index is 0.0724. The zero-order chi connectivity index (χ0) is 15.1. The third-order valence-corrected chi connectivity index (χ3v) is 4.87. The van der Waals surface area contributed by atoms with Crippen LogP contribution in [0, 0.1) is 0 Å². The highest BCUT2D eigenvalue weighted by Crippen LogP contribution is 2.32. The standard InChI is InChI=1S/C17H27NO2S/c1-17(2)9-8-15(20-17)13-21-16-6-4-14(5-7-16)12-18-10-11-19-3/h4-7,15,18H,8-13H2,1-3H3. The molecule has 1 aliphatic heterocycles. The van der Waals surface area contributed by atoms with Crippen LogP contribution < -0.4 is 5.32 Å². The quantitative estimate of drug-likeness (QED) is 0.588. The van der Waals surface area contributed by atoms with Gasteiger partial charge in [-0.25, -0.2) is 0 Å². The summed E-state index contributed by atoms with van der Waals surface area (Å²) in [6, 6.07) is 8.80. The summed E-state index contributed by atoms with van der Waals surface area (Å²) in [4.78, 5) is 1.32. The zero-order valence-corrected chi connectivity index (χ0v) is 14.2. The van der Waals surface area contributed by atoms with E-state index in [9.17, 15) is 0 Å². The molecule has 0 radical (unpaired) electrons. The van der Waals surface area contributed by atoms with Crippen LogP contribution in [0.1, 0.15) is 32.3 Å². The Morgan fingerprint density at radius 3 is 2.71 bits per heavy atom. The molecule has 0 amide bonds. The molecule has 0 aliphatic carbocycles. The van der Waals surface area contributed by atoms with Gasteiger partial charge in [0.1, 0.15) is 0 Å². The summed E-state index contributed by atoms with van der Waals surface area (Å²) >= 11 is 1.89. The summed E-state index contributed by atoms with van der Waals surface area (Å²) in [6.45, 7) is 6.91. The van der Waals surface area contributed by atoms with E-state index in [2.05, 4.69) is 43.4 Å². The highest BCUT2D eigenvalue weighted by molar-refractivity contribution is 7.99. The van der Waals surface area contributed by atoms with Crippen molar-refractivity contribution in [2.45, 2.75) is 49.8 Å². The second-order valence-electron chi connectivity index (χ2n) is 6.16. The van der Waals surface area contributed by atoms with E-state index in [4.69, 9.17) is 9.47 Å². The Morgan fingerprint density at radius 1 is 1.33 bits per heavy atom. The molecule has 4 heteroatoms. The van der Waals surface area contributed by atoms with Crippen molar-refractivity contribution >= 4 is 11.8 Å². The molecule has 1 aromatic rings. The summed E-state index contributed by atoms with van der Waals surface area (Å²) in [5, 5.41) is 3.36. The molecule has 0 spiro atoms. The Kier molecular flexibility index (Phi) is 6.55. The lowest BCUT2D eigenvalue weighted by molar-refractivity contribution is -0.00466. The third-order valence-electron chi connectivity index (χ3n) is 3.73. The highest BCUT2D eigenvalue weighted by Gasteiger charge is 2.31. The number of rotatable bonds is 8. The van der Waals surface area contributed by atoms with Crippen molar-refractivity contribution in [3.63, 3.8) is 0 Å². The Hall–Kier alpha value is -0.550. The molecule has 0 aromatic heterocycles. The summed E-state index contributed by atoms with van der Waals surface area (Å²) in [6.07, 6.45) is 2.76.